The van der Waals surface area contributed by atoms with Gasteiger partial charge in [-0.05, 0) is 49.2 Å². The molecule has 0 saturated heterocycles. The second-order valence-electron chi connectivity index (χ2n) is 6.33. The number of benzene rings is 2. The minimum Gasteiger partial charge on any atom is -0.493 e. The van der Waals surface area contributed by atoms with Gasteiger partial charge in [-0.25, -0.2) is 0 Å². The van der Waals surface area contributed by atoms with Crippen LogP contribution in [0.25, 0.3) is 6.08 Å². The summed E-state index contributed by atoms with van der Waals surface area (Å²) >= 11 is 3.33. The van der Waals surface area contributed by atoms with E-state index in [1.807, 2.05) is 20.0 Å². The summed E-state index contributed by atoms with van der Waals surface area (Å²) in [7, 11) is 3.49. The minimum atomic E-state index is -0.740. The van der Waals surface area contributed by atoms with Crippen LogP contribution in [-0.2, 0) is 0 Å². The second-order valence-corrected chi connectivity index (χ2v) is 8.41. The van der Waals surface area contributed by atoms with Crippen LogP contribution in [0.2, 0.25) is 0 Å². The highest BCUT2D eigenvalue weighted by Gasteiger charge is 2.49. The van der Waals surface area contributed by atoms with Crippen molar-refractivity contribution < 1.29 is 14.4 Å². The number of hydrogen-bond acceptors (Lipinski definition) is 7. The molecule has 0 aromatic heterocycles. The maximum Gasteiger partial charge on any atom is 0.274 e. The fourth-order valence-corrected chi connectivity index (χ4v) is 5.30. The molecule has 2 aromatic carbocycles. The molecular formula is C19H18N2O4S2. The van der Waals surface area contributed by atoms with Gasteiger partial charge in [0.2, 0.25) is 0 Å². The molecule has 140 valence electrons. The van der Waals surface area contributed by atoms with Crippen molar-refractivity contribution in [2.45, 2.75) is 21.8 Å². The van der Waals surface area contributed by atoms with Crippen LogP contribution in [0.3, 0.4) is 0 Å². The number of hydrogen-bond donors (Lipinski definition) is 0. The molecule has 0 aliphatic carbocycles. The molecule has 1 unspecified atom stereocenters. The van der Waals surface area contributed by atoms with E-state index in [0.717, 1.165) is 16.2 Å². The molecule has 0 amide bonds. The van der Waals surface area contributed by atoms with Crippen LogP contribution in [0.5, 0.6) is 11.5 Å². The van der Waals surface area contributed by atoms with Gasteiger partial charge >= 0.3 is 0 Å². The van der Waals surface area contributed by atoms with E-state index in [0.29, 0.717) is 17.1 Å². The molecule has 27 heavy (non-hydrogen) atoms. The van der Waals surface area contributed by atoms with Gasteiger partial charge in [-0.15, -0.1) is 11.8 Å². The van der Waals surface area contributed by atoms with Crippen LogP contribution < -0.4 is 14.4 Å². The van der Waals surface area contributed by atoms with Gasteiger partial charge in [-0.1, -0.05) is 0 Å². The van der Waals surface area contributed by atoms with Crippen molar-refractivity contribution in [1.82, 2.24) is 0 Å². The summed E-state index contributed by atoms with van der Waals surface area (Å²) < 4.78 is 11.9. The molecular weight excluding hydrogens is 384 g/mol. The van der Waals surface area contributed by atoms with Crippen LogP contribution in [0, 0.1) is 10.1 Å². The number of anilines is 1. The first kappa shape index (κ1) is 18.1. The maximum atomic E-state index is 11.2. The third kappa shape index (κ3) is 2.66. The Morgan fingerprint density at radius 3 is 2.78 bits per heavy atom. The number of ether oxygens (including phenoxy) is 2. The SMILES string of the molecule is COc1cc([N+](=O)[O-])cc2c1OC1(Sc3cc(SC)ccc3N1C)C(C)=C2. The quantitative estimate of drug-likeness (QED) is 0.406. The molecule has 1 atom stereocenters. The monoisotopic (exact) mass is 402 g/mol. The van der Waals surface area contributed by atoms with Crippen molar-refractivity contribution in [3.8, 4) is 11.5 Å². The highest BCUT2D eigenvalue weighted by Crippen LogP contribution is 2.57. The van der Waals surface area contributed by atoms with Gasteiger partial charge in [0.25, 0.3) is 10.7 Å². The Morgan fingerprint density at radius 2 is 2.11 bits per heavy atom. The highest BCUT2D eigenvalue weighted by atomic mass is 32.2. The first-order valence-electron chi connectivity index (χ1n) is 8.24. The lowest BCUT2D eigenvalue weighted by molar-refractivity contribution is -0.385. The predicted octanol–water partition coefficient (Wildman–Crippen LogP) is 5.02. The minimum absolute atomic E-state index is 0.0190. The van der Waals surface area contributed by atoms with Crippen LogP contribution >= 0.6 is 23.5 Å². The Balaban J connectivity index is 1.83. The molecule has 2 aliphatic heterocycles. The zero-order chi connectivity index (χ0) is 19.3. The Bertz CT molecular complexity index is 992. The lowest BCUT2D eigenvalue weighted by atomic mass is 10.0. The van der Waals surface area contributed by atoms with Crippen LogP contribution in [0.4, 0.5) is 11.4 Å². The molecule has 0 bridgehead atoms. The van der Waals surface area contributed by atoms with Crippen LogP contribution in [0.15, 0.2) is 45.7 Å². The van der Waals surface area contributed by atoms with E-state index in [1.165, 1.54) is 24.1 Å². The Hall–Kier alpha value is -2.32. The van der Waals surface area contributed by atoms with E-state index < -0.39 is 9.98 Å². The largest absolute Gasteiger partial charge is 0.493 e. The molecule has 8 heteroatoms. The molecule has 0 saturated carbocycles. The summed E-state index contributed by atoms with van der Waals surface area (Å²) in [6.45, 7) is 1.99. The Morgan fingerprint density at radius 1 is 1.33 bits per heavy atom. The average Bonchev–Trinajstić information content (AvgIpc) is 2.93. The second kappa shape index (κ2) is 6.38. The number of likely N-dealkylation sites (N-methyl/N-ethyl adjacent to an activating group) is 1. The highest BCUT2D eigenvalue weighted by molar-refractivity contribution is 8.01. The van der Waals surface area contributed by atoms with Gasteiger partial charge in [0, 0.05) is 34.0 Å². The smallest absolute Gasteiger partial charge is 0.274 e. The zero-order valence-electron chi connectivity index (χ0n) is 15.3. The molecule has 2 aliphatic rings. The normalized spacial score (nSPS) is 20.0. The standard InChI is InChI=1S/C19H18N2O4S2/c1-11-7-12-8-13(21(22)23)9-16(24-3)18(12)25-19(11)20(2)15-6-5-14(26-4)10-17(15)27-19/h5-10H,1-4H3. The molecule has 4 rings (SSSR count). The first-order chi connectivity index (χ1) is 12.9. The third-order valence-electron chi connectivity index (χ3n) is 4.83. The van der Waals surface area contributed by atoms with E-state index in [9.17, 15) is 10.1 Å². The van der Waals surface area contributed by atoms with Crippen molar-refractivity contribution in [3.63, 3.8) is 0 Å². The summed E-state index contributed by atoms with van der Waals surface area (Å²) in [5, 5.41) is 10.5. The van der Waals surface area contributed by atoms with Crippen molar-refractivity contribution in [2.75, 3.05) is 25.3 Å². The molecule has 2 aromatic rings. The van der Waals surface area contributed by atoms with Gasteiger partial charge in [0.1, 0.15) is 0 Å². The van der Waals surface area contributed by atoms with E-state index in [2.05, 4.69) is 29.4 Å². The van der Waals surface area contributed by atoms with E-state index >= 15 is 0 Å². The maximum absolute atomic E-state index is 11.2. The average molecular weight is 402 g/mol. The summed E-state index contributed by atoms with van der Waals surface area (Å²) in [5.41, 5.74) is 2.69. The predicted molar refractivity (Wildman–Crippen MR) is 109 cm³/mol. The third-order valence-corrected chi connectivity index (χ3v) is 7.06. The van der Waals surface area contributed by atoms with E-state index in [-0.39, 0.29) is 5.69 Å². The summed E-state index contributed by atoms with van der Waals surface area (Å²) in [6.07, 6.45) is 4.00. The van der Waals surface area contributed by atoms with E-state index in [4.69, 9.17) is 9.47 Å². The molecule has 1 spiro atoms. The fraction of sp³-hybridized carbons (Fsp3) is 0.263. The Labute approximate surface area is 165 Å². The van der Waals surface area contributed by atoms with Crippen molar-refractivity contribution in [2.24, 2.45) is 0 Å². The molecule has 0 radical (unpaired) electrons. The lowest BCUT2D eigenvalue weighted by Gasteiger charge is -2.40. The number of non-ortho nitro benzene ring substituents is 1. The zero-order valence-corrected chi connectivity index (χ0v) is 16.9. The number of rotatable bonds is 3. The number of nitro benzene ring substituents is 1. The van der Waals surface area contributed by atoms with Gasteiger partial charge in [0.05, 0.1) is 23.8 Å². The van der Waals surface area contributed by atoms with Gasteiger partial charge in [0.15, 0.2) is 11.5 Å². The molecule has 0 N–H and O–H groups in total. The van der Waals surface area contributed by atoms with Crippen molar-refractivity contribution >= 4 is 41.0 Å². The number of fused-ring (bicyclic) bond motifs is 2. The van der Waals surface area contributed by atoms with Gasteiger partial charge < -0.3 is 14.4 Å². The summed E-state index contributed by atoms with van der Waals surface area (Å²) in [6, 6.07) is 9.28. The molecule has 0 fully saturated rings. The number of nitro groups is 1. The lowest BCUT2D eigenvalue weighted by Crippen LogP contribution is -2.48. The van der Waals surface area contributed by atoms with Gasteiger partial charge in [-0.2, -0.15) is 0 Å². The number of methoxy groups -OCH3 is 1. The Kier molecular flexibility index (Phi) is 4.27. The van der Waals surface area contributed by atoms with Gasteiger partial charge in [-0.3, -0.25) is 10.1 Å². The topological polar surface area (TPSA) is 64.8 Å². The van der Waals surface area contributed by atoms with Crippen molar-refractivity contribution in [1.29, 1.82) is 0 Å². The first-order valence-corrected chi connectivity index (χ1v) is 10.3. The number of thioether (sulfide) groups is 2. The summed E-state index contributed by atoms with van der Waals surface area (Å²) in [5.74, 6) is 0.878. The summed E-state index contributed by atoms with van der Waals surface area (Å²) in [4.78, 5) is 15.2. The fourth-order valence-electron chi connectivity index (χ4n) is 3.42. The number of nitrogens with zero attached hydrogens (tertiary/aromatic N) is 2. The van der Waals surface area contributed by atoms with Crippen molar-refractivity contribution in [3.05, 3.63) is 51.6 Å². The van der Waals surface area contributed by atoms with Crippen LogP contribution in [0.1, 0.15) is 12.5 Å². The van der Waals surface area contributed by atoms with Crippen LogP contribution in [-0.4, -0.2) is 30.4 Å². The van der Waals surface area contributed by atoms with E-state index in [1.54, 1.807) is 23.5 Å². The molecule has 6 nitrogen and oxygen atoms in total. The molecule has 2 heterocycles.